The van der Waals surface area contributed by atoms with Crippen molar-refractivity contribution in [1.29, 1.82) is 0 Å². The number of hydrogen-bond donors (Lipinski definition) is 3. The van der Waals surface area contributed by atoms with Gasteiger partial charge in [-0.25, -0.2) is 9.13 Å². The summed E-state index contributed by atoms with van der Waals surface area (Å²) in [4.78, 5) is 72.5. The largest absolute Gasteiger partial charge is 0.472 e. The number of phosphoric acid groups is 2. The van der Waals surface area contributed by atoms with Crippen LogP contribution in [0, 0.1) is 17.8 Å². The van der Waals surface area contributed by atoms with Gasteiger partial charge in [-0.1, -0.05) is 292 Å². The molecule has 522 valence electrons. The molecule has 0 spiro atoms. The van der Waals surface area contributed by atoms with Crippen molar-refractivity contribution in [2.45, 2.75) is 362 Å². The summed E-state index contributed by atoms with van der Waals surface area (Å²) in [5, 5.41) is 10.6. The highest BCUT2D eigenvalue weighted by atomic mass is 31.2. The van der Waals surface area contributed by atoms with Gasteiger partial charge < -0.3 is 33.8 Å². The number of aliphatic hydroxyl groups excluding tert-OH is 1. The zero-order valence-electron chi connectivity index (χ0n) is 57.2. The van der Waals surface area contributed by atoms with Crippen molar-refractivity contribution in [3.05, 3.63) is 0 Å². The lowest BCUT2D eigenvalue weighted by atomic mass is 10.0. The van der Waals surface area contributed by atoms with E-state index < -0.39 is 97.5 Å². The third-order valence-electron chi connectivity index (χ3n) is 15.9. The van der Waals surface area contributed by atoms with Gasteiger partial charge in [0.25, 0.3) is 0 Å². The summed E-state index contributed by atoms with van der Waals surface area (Å²) in [6.45, 7) is 11.7. The van der Waals surface area contributed by atoms with Crippen LogP contribution < -0.4 is 0 Å². The topological polar surface area (TPSA) is 237 Å². The highest BCUT2D eigenvalue weighted by Gasteiger charge is 2.30. The average molecular weight is 1300 g/mol. The molecule has 0 rings (SSSR count). The Balaban J connectivity index is 5.25. The lowest BCUT2D eigenvalue weighted by molar-refractivity contribution is -0.161. The molecule has 0 saturated heterocycles. The van der Waals surface area contributed by atoms with E-state index in [2.05, 4.69) is 48.5 Å². The predicted molar refractivity (Wildman–Crippen MR) is 354 cm³/mol. The van der Waals surface area contributed by atoms with E-state index in [0.717, 1.165) is 108 Å². The molecule has 0 aliphatic heterocycles. The van der Waals surface area contributed by atoms with E-state index in [4.69, 9.17) is 37.0 Å². The van der Waals surface area contributed by atoms with Gasteiger partial charge in [0.15, 0.2) is 12.2 Å². The Morgan fingerprint density at radius 2 is 0.523 bits per heavy atom. The van der Waals surface area contributed by atoms with E-state index in [9.17, 15) is 43.2 Å². The van der Waals surface area contributed by atoms with Crippen molar-refractivity contribution in [3.8, 4) is 0 Å². The second-order valence-electron chi connectivity index (χ2n) is 26.3. The molecule has 3 N–H and O–H groups in total. The van der Waals surface area contributed by atoms with Gasteiger partial charge in [-0.2, -0.15) is 0 Å². The molecule has 0 aromatic heterocycles. The maximum Gasteiger partial charge on any atom is 0.472 e. The van der Waals surface area contributed by atoms with Crippen molar-refractivity contribution >= 4 is 39.5 Å². The standard InChI is InChI=1S/C69H134O17P2/c1-8-9-10-11-12-13-14-15-18-21-29-36-43-50-66(71)79-56-64(85-68(73)52-45-38-30-22-19-16-17-20-26-33-40-47-60(2)3)58-83-87(75,76)81-54-63(70)55-82-88(77,78)84-59-65(57-80-67(72)51-44-37-32-25-28-35-42-49-62(6)7)86-69(74)53-46-39-31-24-23-27-34-41-48-61(4)5/h60-65,70H,8-59H2,1-7H3,(H,75,76)(H,77,78)/t63-,64-,65-/m1/s1. The second-order valence-corrected chi connectivity index (χ2v) is 29.3. The normalized spacial score (nSPS) is 14.2. The molecule has 0 radical (unpaired) electrons. The Kier molecular flexibility index (Phi) is 58.7. The van der Waals surface area contributed by atoms with Crippen molar-refractivity contribution in [3.63, 3.8) is 0 Å². The third-order valence-corrected chi connectivity index (χ3v) is 17.8. The van der Waals surface area contributed by atoms with Crippen LogP contribution in [0.2, 0.25) is 0 Å². The zero-order valence-corrected chi connectivity index (χ0v) is 59.0. The van der Waals surface area contributed by atoms with E-state index in [1.54, 1.807) is 0 Å². The molecule has 0 bridgehead atoms. The number of rotatable bonds is 67. The molecule has 5 atom stereocenters. The number of unbranched alkanes of at least 4 members (excludes halogenated alkanes) is 35. The first-order valence-electron chi connectivity index (χ1n) is 35.8. The van der Waals surface area contributed by atoms with Crippen LogP contribution >= 0.6 is 15.6 Å². The van der Waals surface area contributed by atoms with Crippen molar-refractivity contribution in [1.82, 2.24) is 0 Å². The van der Waals surface area contributed by atoms with Crippen LogP contribution in [0.15, 0.2) is 0 Å². The summed E-state index contributed by atoms with van der Waals surface area (Å²) in [6.07, 6.45) is 43.1. The van der Waals surface area contributed by atoms with Crippen LogP contribution in [0.3, 0.4) is 0 Å². The van der Waals surface area contributed by atoms with Crippen LogP contribution in [0.4, 0.5) is 0 Å². The fourth-order valence-corrected chi connectivity index (χ4v) is 11.9. The number of carbonyl (C=O) groups excluding carboxylic acids is 4. The second kappa shape index (κ2) is 60.0. The third kappa shape index (κ3) is 62.8. The van der Waals surface area contributed by atoms with Gasteiger partial charge in [0.1, 0.15) is 19.3 Å². The zero-order chi connectivity index (χ0) is 65.2. The van der Waals surface area contributed by atoms with Gasteiger partial charge in [-0.15, -0.1) is 0 Å². The van der Waals surface area contributed by atoms with Crippen LogP contribution in [0.5, 0.6) is 0 Å². The maximum atomic E-state index is 13.0. The lowest BCUT2D eigenvalue weighted by Gasteiger charge is -2.21. The van der Waals surface area contributed by atoms with Crippen molar-refractivity contribution in [2.24, 2.45) is 17.8 Å². The lowest BCUT2D eigenvalue weighted by Crippen LogP contribution is -2.30. The van der Waals surface area contributed by atoms with Crippen molar-refractivity contribution < 1.29 is 80.2 Å². The minimum atomic E-state index is -4.95. The Hall–Kier alpha value is -1.94. The molecular formula is C69H134O17P2. The first-order chi connectivity index (χ1) is 42.2. The predicted octanol–water partition coefficient (Wildman–Crippen LogP) is 19.5. The van der Waals surface area contributed by atoms with E-state index >= 15 is 0 Å². The SMILES string of the molecule is CCCCCCCCCCCCCCCC(=O)OC[C@H](COP(=O)(O)OC[C@@H](O)COP(=O)(O)OC[C@@H](COC(=O)CCCCCCCCCC(C)C)OC(=O)CCCCCCCCCCC(C)C)OC(=O)CCCCCCCCCCCCCC(C)C. The molecule has 0 aliphatic rings. The molecule has 17 nitrogen and oxygen atoms in total. The van der Waals surface area contributed by atoms with Crippen LogP contribution in [0.25, 0.3) is 0 Å². The summed E-state index contributed by atoms with van der Waals surface area (Å²) in [5.74, 6) is 0.0595. The highest BCUT2D eigenvalue weighted by Crippen LogP contribution is 2.45. The minimum absolute atomic E-state index is 0.103. The number of phosphoric ester groups is 2. The monoisotopic (exact) mass is 1300 g/mol. The summed E-state index contributed by atoms with van der Waals surface area (Å²) >= 11 is 0. The number of carbonyl (C=O) groups is 4. The van der Waals surface area contributed by atoms with Crippen molar-refractivity contribution in [2.75, 3.05) is 39.6 Å². The van der Waals surface area contributed by atoms with Gasteiger partial charge in [0, 0.05) is 25.7 Å². The number of hydrogen-bond acceptors (Lipinski definition) is 15. The molecule has 0 saturated carbocycles. The van der Waals surface area contributed by atoms with Crippen LogP contribution in [-0.4, -0.2) is 96.7 Å². The molecule has 0 heterocycles. The number of esters is 4. The maximum absolute atomic E-state index is 13.0. The van der Waals surface area contributed by atoms with E-state index in [1.165, 1.54) is 148 Å². The Morgan fingerprint density at radius 3 is 0.773 bits per heavy atom. The summed E-state index contributed by atoms with van der Waals surface area (Å²) < 4.78 is 68.2. The molecule has 0 fully saturated rings. The summed E-state index contributed by atoms with van der Waals surface area (Å²) in [6, 6.07) is 0. The van der Waals surface area contributed by atoms with Crippen LogP contribution in [0.1, 0.15) is 344 Å². The quantitative estimate of drug-likeness (QED) is 0.0222. The molecular weight excluding hydrogens is 1160 g/mol. The summed E-state index contributed by atoms with van der Waals surface area (Å²) in [7, 11) is -9.90. The molecule has 0 aliphatic carbocycles. The summed E-state index contributed by atoms with van der Waals surface area (Å²) in [5.41, 5.74) is 0. The van der Waals surface area contributed by atoms with Gasteiger partial charge in [0.05, 0.1) is 26.4 Å². The molecule has 88 heavy (non-hydrogen) atoms. The van der Waals surface area contributed by atoms with E-state index in [1.807, 2.05) is 0 Å². The fraction of sp³-hybridized carbons (Fsp3) is 0.942. The van der Waals surface area contributed by atoms with Gasteiger partial charge in [-0.05, 0) is 43.4 Å². The van der Waals surface area contributed by atoms with Gasteiger partial charge >= 0.3 is 39.5 Å². The molecule has 0 amide bonds. The van der Waals surface area contributed by atoms with Gasteiger partial charge in [0.2, 0.25) is 0 Å². The number of aliphatic hydroxyl groups is 1. The molecule has 0 aromatic carbocycles. The molecule has 0 aromatic rings. The highest BCUT2D eigenvalue weighted by molar-refractivity contribution is 7.47. The Morgan fingerprint density at radius 1 is 0.307 bits per heavy atom. The van der Waals surface area contributed by atoms with Crippen LogP contribution in [-0.2, 0) is 65.4 Å². The Bertz CT molecular complexity index is 1730. The van der Waals surface area contributed by atoms with E-state index in [0.29, 0.717) is 31.6 Å². The van der Waals surface area contributed by atoms with E-state index in [-0.39, 0.29) is 25.7 Å². The molecule has 19 heteroatoms. The minimum Gasteiger partial charge on any atom is -0.462 e. The fourth-order valence-electron chi connectivity index (χ4n) is 10.4. The first-order valence-corrected chi connectivity index (χ1v) is 38.8. The smallest absolute Gasteiger partial charge is 0.462 e. The Labute approximate surface area is 537 Å². The number of ether oxygens (including phenoxy) is 4. The molecule has 2 unspecified atom stereocenters. The first kappa shape index (κ1) is 86.1. The average Bonchev–Trinajstić information content (AvgIpc) is 3.48. The van der Waals surface area contributed by atoms with Gasteiger partial charge in [-0.3, -0.25) is 37.3 Å².